The summed E-state index contributed by atoms with van der Waals surface area (Å²) in [5.74, 6) is -1.26. The summed E-state index contributed by atoms with van der Waals surface area (Å²) in [6, 6.07) is 4.83. The minimum atomic E-state index is -2.22. The lowest BCUT2D eigenvalue weighted by Crippen LogP contribution is -2.11. The first-order valence-electron chi connectivity index (χ1n) is 13.2. The molecule has 6 nitrogen and oxygen atoms in total. The van der Waals surface area contributed by atoms with Gasteiger partial charge < -0.3 is 15.0 Å². The Labute approximate surface area is 201 Å². The summed E-state index contributed by atoms with van der Waals surface area (Å²) in [5, 5.41) is 12.8. The third-order valence-electron chi connectivity index (χ3n) is 4.50. The van der Waals surface area contributed by atoms with Crippen molar-refractivity contribution in [1.29, 1.82) is 5.26 Å². The minimum Gasteiger partial charge on any atom is -0.494 e. The molecule has 170 valence electrons. The van der Waals surface area contributed by atoms with E-state index in [1.54, 1.807) is 13.8 Å². The number of nitrogens with one attached hydrogen (secondary N) is 1. The number of fused-ring (bicyclic) bond motifs is 1. The van der Waals surface area contributed by atoms with E-state index in [1.807, 2.05) is 6.07 Å². The summed E-state index contributed by atoms with van der Waals surface area (Å²) in [6.45, 7) is 1.07. The van der Waals surface area contributed by atoms with Crippen molar-refractivity contribution in [2.45, 2.75) is 20.3 Å². The molecule has 0 saturated heterocycles. The zero-order valence-electron chi connectivity index (χ0n) is 24.8. The van der Waals surface area contributed by atoms with Crippen molar-refractivity contribution in [2.24, 2.45) is 0 Å². The number of ketones is 1. The molecule has 0 saturated carbocycles. The van der Waals surface area contributed by atoms with Gasteiger partial charge in [-0.3, -0.25) is 9.78 Å². The highest BCUT2D eigenvalue weighted by Gasteiger charge is 2.16. The second-order valence-corrected chi connectivity index (χ2v) is 7.33. The number of pyridine rings is 1. The molecule has 0 atom stereocenters. The zero-order valence-corrected chi connectivity index (χ0v) is 18.8. The summed E-state index contributed by atoms with van der Waals surface area (Å²) in [6.07, 6.45) is -0.116. The number of aryl methyl sites for hydroxylation is 1. The molecule has 3 aromatic rings. The molecular formula is C26H27FN4O2. The average molecular weight is 453 g/mol. The number of rotatable bonds is 9. The fourth-order valence-corrected chi connectivity index (χ4v) is 3.00. The molecule has 0 bridgehead atoms. The van der Waals surface area contributed by atoms with E-state index < -0.39 is 36.7 Å². The molecule has 1 heterocycles. The van der Waals surface area contributed by atoms with Crippen molar-refractivity contribution in [3.05, 3.63) is 71.1 Å². The van der Waals surface area contributed by atoms with E-state index in [-0.39, 0.29) is 52.2 Å². The highest BCUT2D eigenvalue weighted by atomic mass is 19.1. The molecule has 0 aliphatic rings. The van der Waals surface area contributed by atoms with Crippen LogP contribution in [-0.2, 0) is 11.2 Å². The average Bonchev–Trinajstić information content (AvgIpc) is 2.86. The number of hydrogen-bond acceptors (Lipinski definition) is 6. The Morgan fingerprint density at radius 2 is 2.24 bits per heavy atom. The maximum absolute atomic E-state index is 13.9. The van der Waals surface area contributed by atoms with Crippen molar-refractivity contribution >= 4 is 28.1 Å². The molecule has 0 unspecified atom stereocenters. The Hall–Kier alpha value is -3.76. The molecular weight excluding hydrogens is 419 g/mol. The van der Waals surface area contributed by atoms with Crippen LogP contribution in [0.2, 0.25) is 0 Å². The lowest BCUT2D eigenvalue weighted by Gasteiger charge is -2.15. The van der Waals surface area contributed by atoms with Crippen LogP contribution in [-0.4, -0.2) is 42.9 Å². The van der Waals surface area contributed by atoms with Gasteiger partial charge in [-0.1, -0.05) is 6.05 Å². The maximum atomic E-state index is 13.9. The summed E-state index contributed by atoms with van der Waals surface area (Å²) < 4.78 is 69.5. The number of ether oxygens (including phenoxy) is 1. The SMILES string of the molecule is [2H]/C(=C\C(=O)Cc1c(OCC)c([2H])c2nc([2H])c(C#N)c(Nc3ccc(F)c(C)c3)c2c1[2H])C([2H])([2H])N(C)C. The van der Waals surface area contributed by atoms with Crippen LogP contribution in [0.1, 0.15) is 31.8 Å². The number of hydrogen-bond donors (Lipinski definition) is 1. The van der Waals surface area contributed by atoms with Crippen LogP contribution in [0.4, 0.5) is 15.8 Å². The molecule has 0 fully saturated rings. The molecule has 3 rings (SSSR count). The first kappa shape index (κ1) is 16.8. The van der Waals surface area contributed by atoms with Gasteiger partial charge in [-0.25, -0.2) is 4.39 Å². The summed E-state index contributed by atoms with van der Waals surface area (Å²) in [5.41, 5.74) is 0.333. The van der Waals surface area contributed by atoms with Crippen LogP contribution < -0.4 is 10.1 Å². The van der Waals surface area contributed by atoms with Gasteiger partial charge in [0, 0.05) is 44.5 Å². The monoisotopic (exact) mass is 452 g/mol. The highest BCUT2D eigenvalue weighted by molar-refractivity contribution is 5.98. The topological polar surface area (TPSA) is 78.2 Å². The van der Waals surface area contributed by atoms with Crippen LogP contribution in [0.15, 0.2) is 48.6 Å². The number of carbonyl (C=O) groups is 1. The number of nitriles is 1. The summed E-state index contributed by atoms with van der Waals surface area (Å²) >= 11 is 0. The largest absolute Gasteiger partial charge is 0.494 e. The molecule has 33 heavy (non-hydrogen) atoms. The van der Waals surface area contributed by atoms with Crippen LogP contribution in [0.3, 0.4) is 0 Å². The second kappa shape index (κ2) is 10.7. The molecule has 2 aromatic carbocycles. The molecule has 7 heteroatoms. The van der Waals surface area contributed by atoms with E-state index in [2.05, 4.69) is 10.3 Å². The van der Waals surface area contributed by atoms with E-state index >= 15 is 0 Å². The Bertz CT molecular complexity index is 1540. The first-order valence-corrected chi connectivity index (χ1v) is 10.2. The Kier molecular flexibility index (Phi) is 5.46. The van der Waals surface area contributed by atoms with Gasteiger partial charge in [-0.2, -0.15) is 5.26 Å². The molecule has 0 amide bonds. The Morgan fingerprint density at radius 1 is 1.45 bits per heavy atom. The number of likely N-dealkylation sites (N-methyl/N-ethyl adjacent to an activating group) is 1. The highest BCUT2D eigenvalue weighted by Crippen LogP contribution is 2.34. The van der Waals surface area contributed by atoms with Crippen LogP contribution in [0.5, 0.6) is 5.75 Å². The number of anilines is 2. The van der Waals surface area contributed by atoms with Crippen LogP contribution in [0, 0.1) is 24.1 Å². The Balaban J connectivity index is 2.29. The number of halogens is 1. The quantitative estimate of drug-likeness (QED) is 0.464. The Morgan fingerprint density at radius 3 is 2.91 bits per heavy atom. The van der Waals surface area contributed by atoms with Gasteiger partial charge >= 0.3 is 0 Å². The number of nitrogens with zero attached hydrogens (tertiary/aromatic N) is 3. The van der Waals surface area contributed by atoms with E-state index in [9.17, 15) is 14.4 Å². The lowest BCUT2D eigenvalue weighted by atomic mass is 10.0. The van der Waals surface area contributed by atoms with Gasteiger partial charge in [0.15, 0.2) is 5.78 Å². The lowest BCUT2D eigenvalue weighted by molar-refractivity contribution is -0.114. The van der Waals surface area contributed by atoms with Crippen molar-refractivity contribution in [3.8, 4) is 11.8 Å². The number of allylic oxidation sites excluding steroid dienone is 1. The second-order valence-electron chi connectivity index (χ2n) is 7.33. The van der Waals surface area contributed by atoms with Gasteiger partial charge in [-0.15, -0.1) is 0 Å². The number of carbonyl (C=O) groups excluding carboxylic acids is 1. The molecule has 1 N–H and O–H groups in total. The normalized spacial score (nSPS) is 14.5. The van der Waals surface area contributed by atoms with Crippen LogP contribution >= 0.6 is 0 Å². The maximum Gasteiger partial charge on any atom is 0.159 e. The zero-order chi connectivity index (χ0) is 29.2. The number of aromatic nitrogens is 1. The smallest absolute Gasteiger partial charge is 0.159 e. The van der Waals surface area contributed by atoms with E-state index in [1.165, 1.54) is 32.3 Å². The van der Waals surface area contributed by atoms with Gasteiger partial charge in [-0.05, 0) is 63.8 Å². The molecule has 1 aromatic heterocycles. The summed E-state index contributed by atoms with van der Waals surface area (Å²) in [7, 11) is 2.85. The van der Waals surface area contributed by atoms with Crippen molar-refractivity contribution in [2.75, 3.05) is 32.5 Å². The summed E-state index contributed by atoms with van der Waals surface area (Å²) in [4.78, 5) is 18.2. The third kappa shape index (κ3) is 5.93. The predicted octanol–water partition coefficient (Wildman–Crippen LogP) is 4.93. The van der Waals surface area contributed by atoms with E-state index in [4.69, 9.17) is 13.0 Å². The van der Waals surface area contributed by atoms with Gasteiger partial charge in [0.05, 0.1) is 28.9 Å². The third-order valence-corrected chi connectivity index (χ3v) is 4.50. The van der Waals surface area contributed by atoms with Crippen molar-refractivity contribution < 1.29 is 22.1 Å². The van der Waals surface area contributed by atoms with Gasteiger partial charge in [0.25, 0.3) is 0 Å². The number of benzene rings is 2. The first-order chi connectivity index (χ1) is 18.2. The molecule has 0 spiro atoms. The minimum absolute atomic E-state index is 0.00517. The fraction of sp³-hybridized carbons (Fsp3) is 0.269. The van der Waals surface area contributed by atoms with Crippen molar-refractivity contribution in [1.82, 2.24) is 9.88 Å². The fourth-order valence-electron chi connectivity index (χ4n) is 3.00. The van der Waals surface area contributed by atoms with E-state index in [0.717, 1.165) is 11.0 Å². The van der Waals surface area contributed by atoms with Gasteiger partial charge in [0.1, 0.15) is 17.6 Å². The van der Waals surface area contributed by atoms with Crippen molar-refractivity contribution in [3.63, 3.8) is 0 Å². The molecule has 0 aliphatic carbocycles. The van der Waals surface area contributed by atoms with Crippen LogP contribution in [0.25, 0.3) is 10.9 Å². The molecule has 0 aliphatic heterocycles. The van der Waals surface area contributed by atoms with E-state index in [0.29, 0.717) is 11.3 Å². The molecule has 0 radical (unpaired) electrons. The predicted molar refractivity (Wildman–Crippen MR) is 128 cm³/mol. The van der Waals surface area contributed by atoms with Gasteiger partial charge in [0.2, 0.25) is 0 Å². The standard InChI is InChI=1S/C26H27FN4O2/c1-5-33-25-14-24-22(13-18(25)12-21(32)7-6-10-31(3)4)26(19(15-28)16-29-24)30-20-8-9-23(27)17(2)11-20/h6-9,11,13-14,16H,5,10,12H2,1-4H3,(H,29,30)/b7-6+/i6D,10D2,13D,14D,16D.